The number of benzene rings is 1. The van der Waals surface area contributed by atoms with Crippen LogP contribution < -0.4 is 10.6 Å². The monoisotopic (exact) mass is 292 g/mol. The smallest absolute Gasteiger partial charge is 0.256 e. The Morgan fingerprint density at radius 1 is 1.29 bits per heavy atom. The van der Waals surface area contributed by atoms with E-state index in [4.69, 9.17) is 4.74 Å². The first kappa shape index (κ1) is 17.7. The molecule has 4 nitrogen and oxygen atoms in total. The molecule has 0 aliphatic rings. The molecule has 0 saturated carbocycles. The van der Waals surface area contributed by atoms with Gasteiger partial charge in [-0.15, -0.1) is 0 Å². The van der Waals surface area contributed by atoms with Gasteiger partial charge in [0.15, 0.2) is 0 Å². The van der Waals surface area contributed by atoms with Gasteiger partial charge >= 0.3 is 0 Å². The molecule has 1 amide bonds. The van der Waals surface area contributed by atoms with E-state index in [-0.39, 0.29) is 5.91 Å². The lowest BCUT2D eigenvalue weighted by Gasteiger charge is -2.25. The average molecular weight is 292 g/mol. The summed E-state index contributed by atoms with van der Waals surface area (Å²) in [7, 11) is 1.56. The number of carbonyl (C=O) groups is 1. The maximum atomic E-state index is 12.2. The number of ether oxygens (including phenoxy) is 1. The average Bonchev–Trinajstić information content (AvgIpc) is 2.52. The fourth-order valence-corrected chi connectivity index (χ4v) is 1.99. The van der Waals surface area contributed by atoms with Gasteiger partial charge in [-0.1, -0.05) is 26.0 Å². The molecule has 0 aromatic heterocycles. The SMILES string of the molecule is CCCNC(C)c1ccc(NC(=O)C(C)(CC)OC)cc1. The minimum atomic E-state index is -0.783. The van der Waals surface area contributed by atoms with Gasteiger partial charge in [-0.25, -0.2) is 0 Å². The van der Waals surface area contributed by atoms with Crippen LogP contribution >= 0.6 is 0 Å². The summed E-state index contributed by atoms with van der Waals surface area (Å²) in [5.74, 6) is -0.114. The second-order valence-electron chi connectivity index (χ2n) is 5.54. The predicted molar refractivity (Wildman–Crippen MR) is 87.5 cm³/mol. The molecule has 2 atom stereocenters. The molecule has 0 aliphatic carbocycles. The Labute approximate surface area is 128 Å². The normalized spacial score (nSPS) is 15.3. The third-order valence-electron chi connectivity index (χ3n) is 3.97. The number of carbonyl (C=O) groups excluding carboxylic acids is 1. The number of anilines is 1. The molecule has 1 aromatic carbocycles. The van der Waals surface area contributed by atoms with E-state index in [0.717, 1.165) is 18.7 Å². The van der Waals surface area contributed by atoms with Crippen molar-refractivity contribution >= 4 is 11.6 Å². The van der Waals surface area contributed by atoms with Gasteiger partial charge < -0.3 is 15.4 Å². The van der Waals surface area contributed by atoms with Gasteiger partial charge in [-0.2, -0.15) is 0 Å². The van der Waals surface area contributed by atoms with Gasteiger partial charge in [0.25, 0.3) is 5.91 Å². The summed E-state index contributed by atoms with van der Waals surface area (Å²) in [5, 5.41) is 6.35. The van der Waals surface area contributed by atoms with Crippen LogP contribution in [0.5, 0.6) is 0 Å². The van der Waals surface area contributed by atoms with Crippen molar-refractivity contribution in [2.75, 3.05) is 19.0 Å². The number of hydrogen-bond acceptors (Lipinski definition) is 3. The zero-order chi connectivity index (χ0) is 15.9. The van der Waals surface area contributed by atoms with Gasteiger partial charge in [0.2, 0.25) is 0 Å². The molecule has 1 aromatic rings. The lowest BCUT2D eigenvalue weighted by molar-refractivity contribution is -0.136. The standard InChI is InChI=1S/C17H28N2O2/c1-6-12-18-13(3)14-8-10-15(11-9-14)19-16(20)17(4,7-2)21-5/h8-11,13,18H,6-7,12H2,1-5H3,(H,19,20). The second kappa shape index (κ2) is 8.15. The topological polar surface area (TPSA) is 50.4 Å². The molecule has 0 bridgehead atoms. The van der Waals surface area contributed by atoms with E-state index in [9.17, 15) is 4.79 Å². The van der Waals surface area contributed by atoms with E-state index >= 15 is 0 Å². The van der Waals surface area contributed by atoms with Crippen LogP contribution in [0.25, 0.3) is 0 Å². The zero-order valence-electron chi connectivity index (χ0n) is 13.8. The van der Waals surface area contributed by atoms with Crippen LogP contribution in [0.4, 0.5) is 5.69 Å². The van der Waals surface area contributed by atoms with Crippen molar-refractivity contribution in [2.45, 2.75) is 52.2 Å². The minimum absolute atomic E-state index is 0.114. The number of hydrogen-bond donors (Lipinski definition) is 2. The first-order valence-corrected chi connectivity index (χ1v) is 7.66. The first-order valence-electron chi connectivity index (χ1n) is 7.66. The highest BCUT2D eigenvalue weighted by atomic mass is 16.5. The van der Waals surface area contributed by atoms with Crippen LogP contribution in [0.3, 0.4) is 0 Å². The van der Waals surface area contributed by atoms with Crippen LogP contribution in [-0.2, 0) is 9.53 Å². The fraction of sp³-hybridized carbons (Fsp3) is 0.588. The summed E-state index contributed by atoms with van der Waals surface area (Å²) in [6, 6.07) is 8.26. The lowest BCUT2D eigenvalue weighted by atomic mass is 10.0. The summed E-state index contributed by atoms with van der Waals surface area (Å²) in [6.45, 7) is 9.03. The summed E-state index contributed by atoms with van der Waals surface area (Å²) in [4.78, 5) is 12.2. The molecule has 0 heterocycles. The number of nitrogens with one attached hydrogen (secondary N) is 2. The predicted octanol–water partition coefficient (Wildman–Crippen LogP) is 3.50. The van der Waals surface area contributed by atoms with E-state index in [2.05, 4.69) is 24.5 Å². The Balaban J connectivity index is 2.68. The molecule has 0 radical (unpaired) electrons. The van der Waals surface area contributed by atoms with Crippen molar-refractivity contribution in [1.29, 1.82) is 0 Å². The van der Waals surface area contributed by atoms with Crippen molar-refractivity contribution in [3.05, 3.63) is 29.8 Å². The highest BCUT2D eigenvalue weighted by Crippen LogP contribution is 2.20. The Kier molecular flexibility index (Phi) is 6.85. The molecule has 21 heavy (non-hydrogen) atoms. The van der Waals surface area contributed by atoms with Crippen molar-refractivity contribution < 1.29 is 9.53 Å². The van der Waals surface area contributed by atoms with E-state index in [0.29, 0.717) is 12.5 Å². The Hall–Kier alpha value is -1.39. The fourth-order valence-electron chi connectivity index (χ4n) is 1.99. The molecule has 0 fully saturated rings. The van der Waals surface area contributed by atoms with E-state index < -0.39 is 5.60 Å². The quantitative estimate of drug-likeness (QED) is 0.771. The maximum absolute atomic E-state index is 12.2. The van der Waals surface area contributed by atoms with Gasteiger partial charge in [0, 0.05) is 18.8 Å². The number of rotatable bonds is 8. The van der Waals surface area contributed by atoms with Gasteiger partial charge in [0.1, 0.15) is 5.60 Å². The molecule has 0 spiro atoms. The van der Waals surface area contributed by atoms with Crippen molar-refractivity contribution in [1.82, 2.24) is 5.32 Å². The van der Waals surface area contributed by atoms with Crippen LogP contribution in [0, 0.1) is 0 Å². The molecule has 0 aliphatic heterocycles. The van der Waals surface area contributed by atoms with Crippen LogP contribution in [0.15, 0.2) is 24.3 Å². The van der Waals surface area contributed by atoms with Crippen molar-refractivity contribution in [2.24, 2.45) is 0 Å². The molecule has 118 valence electrons. The summed E-state index contributed by atoms with van der Waals surface area (Å²) in [6.07, 6.45) is 1.75. The highest BCUT2D eigenvalue weighted by Gasteiger charge is 2.30. The lowest BCUT2D eigenvalue weighted by Crippen LogP contribution is -2.41. The molecular formula is C17H28N2O2. The zero-order valence-corrected chi connectivity index (χ0v) is 13.8. The third-order valence-corrected chi connectivity index (χ3v) is 3.97. The third kappa shape index (κ3) is 4.83. The Morgan fingerprint density at radius 3 is 2.38 bits per heavy atom. The van der Waals surface area contributed by atoms with Gasteiger partial charge in [0.05, 0.1) is 0 Å². The van der Waals surface area contributed by atoms with Crippen LogP contribution in [0.2, 0.25) is 0 Å². The van der Waals surface area contributed by atoms with Gasteiger partial charge in [-0.05, 0) is 50.9 Å². The number of amides is 1. The van der Waals surface area contributed by atoms with Crippen LogP contribution in [0.1, 0.15) is 52.1 Å². The van der Waals surface area contributed by atoms with Crippen LogP contribution in [-0.4, -0.2) is 25.2 Å². The highest BCUT2D eigenvalue weighted by molar-refractivity contribution is 5.97. The van der Waals surface area contributed by atoms with Crippen molar-refractivity contribution in [3.8, 4) is 0 Å². The summed E-state index contributed by atoms with van der Waals surface area (Å²) < 4.78 is 5.31. The number of methoxy groups -OCH3 is 1. The minimum Gasteiger partial charge on any atom is -0.369 e. The Bertz CT molecular complexity index is 439. The molecule has 1 rings (SSSR count). The van der Waals surface area contributed by atoms with Gasteiger partial charge in [-0.3, -0.25) is 4.79 Å². The maximum Gasteiger partial charge on any atom is 0.256 e. The second-order valence-corrected chi connectivity index (χ2v) is 5.54. The molecule has 0 saturated heterocycles. The van der Waals surface area contributed by atoms with E-state index in [1.807, 2.05) is 31.2 Å². The Morgan fingerprint density at radius 2 is 1.90 bits per heavy atom. The summed E-state index contributed by atoms with van der Waals surface area (Å²) >= 11 is 0. The molecule has 2 unspecified atom stereocenters. The molecule has 2 N–H and O–H groups in total. The molecule has 4 heteroatoms. The molecular weight excluding hydrogens is 264 g/mol. The van der Waals surface area contributed by atoms with E-state index in [1.54, 1.807) is 14.0 Å². The first-order chi connectivity index (χ1) is 9.96. The largest absolute Gasteiger partial charge is 0.369 e. The van der Waals surface area contributed by atoms with Crippen molar-refractivity contribution in [3.63, 3.8) is 0 Å². The summed E-state index contributed by atoms with van der Waals surface area (Å²) in [5.41, 5.74) is 1.23. The van der Waals surface area contributed by atoms with E-state index in [1.165, 1.54) is 5.56 Å².